The molecule has 0 fully saturated rings. The summed E-state index contributed by atoms with van der Waals surface area (Å²) in [5.74, 6) is 0. The number of anilines is 1. The standard InChI is InChI=1S/C5H7NS.ClH/c1-4-2-3-7-5(4)6;/h2-3H,6H2,1H3;1H. The molecule has 0 aliphatic carbocycles. The first-order chi connectivity index (χ1) is 3.30. The molecule has 3 heteroatoms. The van der Waals surface area contributed by atoms with Gasteiger partial charge in [0.05, 0.1) is 5.00 Å². The molecule has 0 aromatic carbocycles. The van der Waals surface area contributed by atoms with E-state index in [1.807, 2.05) is 18.4 Å². The fourth-order valence-corrected chi connectivity index (χ4v) is 1.06. The maximum absolute atomic E-state index is 5.46. The van der Waals surface area contributed by atoms with Gasteiger partial charge in [-0.2, -0.15) is 0 Å². The molecule has 0 atom stereocenters. The summed E-state index contributed by atoms with van der Waals surface area (Å²) in [6.07, 6.45) is 0. The van der Waals surface area contributed by atoms with E-state index in [9.17, 15) is 0 Å². The molecule has 0 saturated heterocycles. The summed E-state index contributed by atoms with van der Waals surface area (Å²) in [7, 11) is 0. The average molecular weight is 150 g/mol. The Bertz CT molecular complexity index is 145. The first-order valence-corrected chi connectivity index (χ1v) is 2.98. The third-order valence-corrected chi connectivity index (χ3v) is 1.75. The minimum Gasteiger partial charge on any atom is -0.390 e. The molecule has 8 heavy (non-hydrogen) atoms. The van der Waals surface area contributed by atoms with Crippen LogP contribution in [0.4, 0.5) is 5.00 Å². The number of nitrogens with two attached hydrogens (primary N) is 1. The molecule has 0 saturated carbocycles. The van der Waals surface area contributed by atoms with E-state index in [0.717, 1.165) is 5.00 Å². The van der Waals surface area contributed by atoms with Crippen LogP contribution in [0.25, 0.3) is 0 Å². The highest BCUT2D eigenvalue weighted by Crippen LogP contribution is 2.16. The van der Waals surface area contributed by atoms with Gasteiger partial charge in [-0.1, -0.05) is 0 Å². The Morgan fingerprint density at radius 3 is 2.38 bits per heavy atom. The Labute approximate surface area is 58.9 Å². The van der Waals surface area contributed by atoms with Gasteiger partial charge in [0.15, 0.2) is 0 Å². The summed E-state index contributed by atoms with van der Waals surface area (Å²) in [6, 6.07) is 2.01. The van der Waals surface area contributed by atoms with Crippen molar-refractivity contribution in [3.05, 3.63) is 17.0 Å². The van der Waals surface area contributed by atoms with Crippen molar-refractivity contribution in [2.45, 2.75) is 6.92 Å². The first-order valence-electron chi connectivity index (χ1n) is 2.10. The van der Waals surface area contributed by atoms with E-state index in [1.54, 1.807) is 11.3 Å². The predicted octanol–water partition coefficient (Wildman–Crippen LogP) is 2.06. The monoisotopic (exact) mass is 149 g/mol. The third-order valence-electron chi connectivity index (χ3n) is 0.902. The molecule has 2 N–H and O–H groups in total. The van der Waals surface area contributed by atoms with E-state index in [1.165, 1.54) is 5.56 Å². The SMILES string of the molecule is Cc1ccsc1N.Cl. The molecule has 0 radical (unpaired) electrons. The lowest BCUT2D eigenvalue weighted by Crippen LogP contribution is -1.78. The number of hydrogen-bond donors (Lipinski definition) is 1. The van der Waals surface area contributed by atoms with Gasteiger partial charge in [-0.15, -0.1) is 23.7 Å². The summed E-state index contributed by atoms with van der Waals surface area (Å²) >= 11 is 1.58. The molecule has 1 aromatic rings. The predicted molar refractivity (Wildman–Crippen MR) is 40.7 cm³/mol. The second-order valence-electron chi connectivity index (χ2n) is 1.47. The van der Waals surface area contributed by atoms with E-state index in [2.05, 4.69) is 0 Å². The van der Waals surface area contributed by atoms with E-state index < -0.39 is 0 Å². The Morgan fingerprint density at radius 2 is 2.25 bits per heavy atom. The van der Waals surface area contributed by atoms with E-state index >= 15 is 0 Å². The number of halogens is 1. The van der Waals surface area contributed by atoms with Crippen LogP contribution in [0.2, 0.25) is 0 Å². The quantitative estimate of drug-likeness (QED) is 0.601. The molecule has 0 bridgehead atoms. The minimum absolute atomic E-state index is 0. The number of rotatable bonds is 0. The van der Waals surface area contributed by atoms with Gasteiger partial charge >= 0.3 is 0 Å². The molecule has 0 aliphatic heterocycles. The highest BCUT2D eigenvalue weighted by molar-refractivity contribution is 7.14. The molecule has 0 aliphatic rings. The van der Waals surface area contributed by atoms with Crippen LogP contribution in [0, 0.1) is 6.92 Å². The topological polar surface area (TPSA) is 26.0 Å². The van der Waals surface area contributed by atoms with Gasteiger partial charge < -0.3 is 5.73 Å². The first kappa shape index (κ1) is 7.79. The average Bonchev–Trinajstić information content (AvgIpc) is 1.91. The van der Waals surface area contributed by atoms with E-state index in [-0.39, 0.29) is 12.4 Å². The normalized spacial score (nSPS) is 8.12. The van der Waals surface area contributed by atoms with Crippen molar-refractivity contribution in [1.82, 2.24) is 0 Å². The maximum Gasteiger partial charge on any atom is 0.0886 e. The Kier molecular flexibility index (Phi) is 2.87. The lowest BCUT2D eigenvalue weighted by molar-refractivity contribution is 1.55. The number of thiophene rings is 1. The summed E-state index contributed by atoms with van der Waals surface area (Å²) in [6.45, 7) is 2.01. The van der Waals surface area contributed by atoms with Crippen LogP contribution < -0.4 is 5.73 Å². The molecule has 1 aromatic heterocycles. The zero-order valence-corrected chi connectivity index (χ0v) is 6.18. The van der Waals surface area contributed by atoms with Crippen molar-refractivity contribution >= 4 is 28.7 Å². The van der Waals surface area contributed by atoms with Crippen molar-refractivity contribution in [3.63, 3.8) is 0 Å². The molecule has 0 spiro atoms. The van der Waals surface area contributed by atoms with Gasteiger partial charge in [-0.3, -0.25) is 0 Å². The van der Waals surface area contributed by atoms with E-state index in [0.29, 0.717) is 0 Å². The van der Waals surface area contributed by atoms with E-state index in [4.69, 9.17) is 5.73 Å². The lowest BCUT2D eigenvalue weighted by atomic mass is 10.4. The summed E-state index contributed by atoms with van der Waals surface area (Å²) in [5, 5.41) is 2.92. The van der Waals surface area contributed by atoms with Crippen LogP contribution in [-0.2, 0) is 0 Å². The van der Waals surface area contributed by atoms with Crippen LogP contribution in [0.3, 0.4) is 0 Å². The molecule has 1 heterocycles. The Morgan fingerprint density at radius 1 is 1.62 bits per heavy atom. The summed E-state index contributed by atoms with van der Waals surface area (Å²) in [4.78, 5) is 0. The van der Waals surface area contributed by atoms with Gasteiger partial charge in [-0.05, 0) is 23.9 Å². The Balaban J connectivity index is 0.000000490. The van der Waals surface area contributed by atoms with Crippen molar-refractivity contribution in [3.8, 4) is 0 Å². The van der Waals surface area contributed by atoms with Crippen molar-refractivity contribution in [2.75, 3.05) is 5.73 Å². The van der Waals surface area contributed by atoms with Crippen LogP contribution in [0.5, 0.6) is 0 Å². The lowest BCUT2D eigenvalue weighted by Gasteiger charge is -1.80. The third kappa shape index (κ3) is 1.39. The number of nitrogen functional groups attached to an aromatic ring is 1. The van der Waals surface area contributed by atoms with Crippen LogP contribution in [0.1, 0.15) is 5.56 Å². The molecule has 1 rings (SSSR count). The van der Waals surface area contributed by atoms with Crippen molar-refractivity contribution < 1.29 is 0 Å². The second kappa shape index (κ2) is 2.95. The van der Waals surface area contributed by atoms with Crippen LogP contribution in [0.15, 0.2) is 11.4 Å². The molecule has 0 amide bonds. The molecule has 46 valence electrons. The van der Waals surface area contributed by atoms with Crippen LogP contribution >= 0.6 is 23.7 Å². The smallest absolute Gasteiger partial charge is 0.0886 e. The number of hydrogen-bond acceptors (Lipinski definition) is 2. The van der Waals surface area contributed by atoms with Gasteiger partial charge in [0.1, 0.15) is 0 Å². The fourth-order valence-electron chi connectivity index (χ4n) is 0.384. The zero-order chi connectivity index (χ0) is 5.28. The fraction of sp³-hybridized carbons (Fsp3) is 0.200. The van der Waals surface area contributed by atoms with Gasteiger partial charge in [0.2, 0.25) is 0 Å². The number of aryl methyl sites for hydroxylation is 1. The zero-order valence-electron chi connectivity index (χ0n) is 4.55. The Hall–Kier alpha value is -0.210. The summed E-state index contributed by atoms with van der Waals surface area (Å²) < 4.78 is 0. The van der Waals surface area contributed by atoms with Gasteiger partial charge in [0, 0.05) is 0 Å². The summed E-state index contributed by atoms with van der Waals surface area (Å²) in [5.41, 5.74) is 6.64. The largest absolute Gasteiger partial charge is 0.390 e. The highest BCUT2D eigenvalue weighted by Gasteiger charge is 1.87. The van der Waals surface area contributed by atoms with Gasteiger partial charge in [-0.25, -0.2) is 0 Å². The van der Waals surface area contributed by atoms with Crippen LogP contribution in [-0.4, -0.2) is 0 Å². The van der Waals surface area contributed by atoms with Crippen molar-refractivity contribution in [2.24, 2.45) is 0 Å². The molecule has 0 unspecified atom stereocenters. The highest BCUT2D eigenvalue weighted by atomic mass is 35.5. The molecular formula is C5H8ClNS. The second-order valence-corrected chi connectivity index (χ2v) is 2.42. The minimum atomic E-state index is 0. The van der Waals surface area contributed by atoms with Gasteiger partial charge in [0.25, 0.3) is 0 Å². The maximum atomic E-state index is 5.46. The molecular weight excluding hydrogens is 142 g/mol. The van der Waals surface area contributed by atoms with Crippen molar-refractivity contribution in [1.29, 1.82) is 0 Å². The molecule has 1 nitrogen and oxygen atoms in total.